The summed E-state index contributed by atoms with van der Waals surface area (Å²) in [7, 11) is 0. The minimum absolute atomic E-state index is 0.772. The summed E-state index contributed by atoms with van der Waals surface area (Å²) in [6.45, 7) is 4.45. The largest absolute Gasteiger partial charge is 0.492 e. The molecule has 4 heteroatoms. The maximum absolute atomic E-state index is 5.77. The van der Waals surface area contributed by atoms with Crippen molar-refractivity contribution in [1.82, 2.24) is 14.9 Å². The average molecular weight is 259 g/mol. The van der Waals surface area contributed by atoms with E-state index >= 15 is 0 Å². The zero-order valence-electron chi connectivity index (χ0n) is 11.3. The zero-order valence-corrected chi connectivity index (χ0v) is 11.3. The molecule has 0 saturated carbocycles. The highest BCUT2D eigenvalue weighted by molar-refractivity contribution is 5.76. The first kappa shape index (κ1) is 12.5. The molecular weight excluding hydrogens is 238 g/mol. The van der Waals surface area contributed by atoms with Gasteiger partial charge in [0.25, 0.3) is 0 Å². The number of hydrogen-bond donors (Lipinski definition) is 1. The maximum Gasteiger partial charge on any atom is 0.138 e. The van der Waals surface area contributed by atoms with Crippen molar-refractivity contribution in [2.75, 3.05) is 26.2 Å². The molecule has 19 heavy (non-hydrogen) atoms. The van der Waals surface area contributed by atoms with Crippen molar-refractivity contribution in [3.63, 3.8) is 0 Å². The summed E-state index contributed by atoms with van der Waals surface area (Å²) < 4.78 is 5.77. The fourth-order valence-corrected chi connectivity index (χ4v) is 2.66. The highest BCUT2D eigenvalue weighted by Crippen LogP contribution is 2.17. The molecule has 3 heterocycles. The van der Waals surface area contributed by atoms with Crippen LogP contribution in [0, 0.1) is 0 Å². The lowest BCUT2D eigenvalue weighted by Crippen LogP contribution is -2.31. The summed E-state index contributed by atoms with van der Waals surface area (Å²) in [5.74, 6) is 0.866. The van der Waals surface area contributed by atoms with Crippen molar-refractivity contribution in [1.29, 1.82) is 0 Å². The Hall–Kier alpha value is -1.55. The number of aromatic amines is 1. The minimum Gasteiger partial charge on any atom is -0.492 e. The van der Waals surface area contributed by atoms with Gasteiger partial charge in [0, 0.05) is 18.1 Å². The van der Waals surface area contributed by atoms with Gasteiger partial charge in [0.2, 0.25) is 0 Å². The molecule has 0 atom stereocenters. The second-order valence-electron chi connectivity index (χ2n) is 5.19. The third kappa shape index (κ3) is 3.26. The number of nitrogens with one attached hydrogen (secondary N) is 1. The van der Waals surface area contributed by atoms with Crippen molar-refractivity contribution < 1.29 is 4.74 Å². The van der Waals surface area contributed by atoms with Crippen LogP contribution < -0.4 is 4.74 Å². The van der Waals surface area contributed by atoms with Crippen LogP contribution in [-0.2, 0) is 0 Å². The Labute approximate surface area is 113 Å². The number of H-pyrrole nitrogens is 1. The molecular formula is C15H21N3O. The second-order valence-corrected chi connectivity index (χ2v) is 5.19. The maximum atomic E-state index is 5.77. The van der Waals surface area contributed by atoms with E-state index in [2.05, 4.69) is 14.9 Å². The molecule has 1 N–H and O–H groups in total. The summed E-state index contributed by atoms with van der Waals surface area (Å²) in [5.41, 5.74) is 0.917. The van der Waals surface area contributed by atoms with Crippen LogP contribution in [0.25, 0.3) is 11.0 Å². The van der Waals surface area contributed by atoms with Gasteiger partial charge >= 0.3 is 0 Å². The van der Waals surface area contributed by atoms with Crippen LogP contribution in [0.4, 0.5) is 0 Å². The first-order valence-corrected chi connectivity index (χ1v) is 7.20. The molecule has 0 aliphatic carbocycles. The van der Waals surface area contributed by atoms with Crippen LogP contribution in [0.15, 0.2) is 24.5 Å². The Kier molecular flexibility index (Phi) is 3.98. The van der Waals surface area contributed by atoms with Gasteiger partial charge in [0.05, 0.1) is 12.8 Å². The topological polar surface area (TPSA) is 41.1 Å². The van der Waals surface area contributed by atoms with Gasteiger partial charge in [-0.1, -0.05) is 6.42 Å². The quantitative estimate of drug-likeness (QED) is 0.839. The number of pyridine rings is 1. The predicted octanol–water partition coefficient (Wildman–Crippen LogP) is 2.82. The molecule has 2 aromatic heterocycles. The van der Waals surface area contributed by atoms with Gasteiger partial charge in [-0.25, -0.2) is 4.98 Å². The molecule has 1 saturated heterocycles. The van der Waals surface area contributed by atoms with Gasteiger partial charge in [-0.15, -0.1) is 0 Å². The van der Waals surface area contributed by atoms with E-state index in [1.165, 1.54) is 32.4 Å². The lowest BCUT2D eigenvalue weighted by molar-refractivity contribution is 0.205. The number of rotatable bonds is 5. The number of piperidine rings is 1. The van der Waals surface area contributed by atoms with E-state index in [1.54, 1.807) is 6.20 Å². The van der Waals surface area contributed by atoms with Gasteiger partial charge in [-0.2, -0.15) is 0 Å². The Morgan fingerprint density at radius 3 is 3.05 bits per heavy atom. The van der Waals surface area contributed by atoms with Crippen LogP contribution in [0.1, 0.15) is 25.7 Å². The zero-order chi connectivity index (χ0) is 12.9. The molecule has 0 aromatic carbocycles. The third-order valence-corrected chi connectivity index (χ3v) is 3.71. The first-order valence-electron chi connectivity index (χ1n) is 7.20. The lowest BCUT2D eigenvalue weighted by atomic mass is 10.1. The number of nitrogens with zero attached hydrogens (tertiary/aromatic N) is 2. The average Bonchev–Trinajstić information content (AvgIpc) is 2.92. The fraction of sp³-hybridized carbons (Fsp3) is 0.533. The summed E-state index contributed by atoms with van der Waals surface area (Å²) in [6, 6.07) is 4.06. The summed E-state index contributed by atoms with van der Waals surface area (Å²) >= 11 is 0. The van der Waals surface area contributed by atoms with Gasteiger partial charge in [0.15, 0.2) is 0 Å². The van der Waals surface area contributed by atoms with Crippen molar-refractivity contribution in [2.24, 2.45) is 0 Å². The Balaban J connectivity index is 1.43. The van der Waals surface area contributed by atoms with Crippen LogP contribution in [0.5, 0.6) is 5.75 Å². The monoisotopic (exact) mass is 259 g/mol. The summed E-state index contributed by atoms with van der Waals surface area (Å²) in [5, 5.41) is 1.11. The molecule has 0 radical (unpaired) electrons. The van der Waals surface area contributed by atoms with E-state index in [9.17, 15) is 0 Å². The second kappa shape index (κ2) is 6.06. The number of aromatic nitrogens is 2. The molecule has 0 bridgehead atoms. The van der Waals surface area contributed by atoms with Crippen molar-refractivity contribution in [2.45, 2.75) is 25.7 Å². The molecule has 0 spiro atoms. The predicted molar refractivity (Wildman–Crippen MR) is 76.5 cm³/mol. The molecule has 1 aliphatic rings. The molecule has 4 nitrogen and oxygen atoms in total. The smallest absolute Gasteiger partial charge is 0.138 e. The molecule has 1 aliphatic heterocycles. The molecule has 102 valence electrons. The van der Waals surface area contributed by atoms with Crippen LogP contribution in [0.2, 0.25) is 0 Å². The Morgan fingerprint density at radius 1 is 1.26 bits per heavy atom. The number of fused-ring (bicyclic) bond motifs is 1. The Bertz CT molecular complexity index is 517. The van der Waals surface area contributed by atoms with Gasteiger partial charge in [0.1, 0.15) is 11.4 Å². The SMILES string of the molecule is c1cc2cc(OCCCN3CCCCC3)cnc2[nH]1. The van der Waals surface area contributed by atoms with Gasteiger partial charge < -0.3 is 14.6 Å². The lowest BCUT2D eigenvalue weighted by Gasteiger charge is -2.26. The van der Waals surface area contributed by atoms with E-state index in [-0.39, 0.29) is 0 Å². The molecule has 2 aromatic rings. The van der Waals surface area contributed by atoms with Gasteiger partial charge in [-0.05, 0) is 44.5 Å². The van der Waals surface area contributed by atoms with E-state index < -0.39 is 0 Å². The Morgan fingerprint density at radius 2 is 2.16 bits per heavy atom. The van der Waals surface area contributed by atoms with Crippen LogP contribution in [-0.4, -0.2) is 41.1 Å². The van der Waals surface area contributed by atoms with E-state index in [1.807, 2.05) is 18.3 Å². The van der Waals surface area contributed by atoms with E-state index in [4.69, 9.17) is 4.74 Å². The molecule has 0 amide bonds. The highest BCUT2D eigenvalue weighted by Gasteiger charge is 2.09. The molecule has 0 unspecified atom stereocenters. The molecule has 3 rings (SSSR count). The summed E-state index contributed by atoms with van der Waals surface area (Å²) in [4.78, 5) is 9.94. The number of likely N-dealkylation sites (tertiary alicyclic amines) is 1. The normalized spacial score (nSPS) is 16.8. The first-order chi connectivity index (χ1) is 9.42. The van der Waals surface area contributed by atoms with Crippen LogP contribution in [0.3, 0.4) is 0 Å². The van der Waals surface area contributed by atoms with Crippen LogP contribution >= 0.6 is 0 Å². The van der Waals surface area contributed by atoms with E-state index in [0.29, 0.717) is 0 Å². The number of ether oxygens (including phenoxy) is 1. The highest BCUT2D eigenvalue weighted by atomic mass is 16.5. The van der Waals surface area contributed by atoms with Crippen molar-refractivity contribution in [3.05, 3.63) is 24.5 Å². The van der Waals surface area contributed by atoms with Crippen molar-refractivity contribution in [3.8, 4) is 5.75 Å². The molecule has 1 fully saturated rings. The third-order valence-electron chi connectivity index (χ3n) is 3.71. The minimum atomic E-state index is 0.772. The fourth-order valence-electron chi connectivity index (χ4n) is 2.66. The number of hydrogen-bond acceptors (Lipinski definition) is 3. The summed E-state index contributed by atoms with van der Waals surface area (Å²) in [6.07, 6.45) is 8.89. The van der Waals surface area contributed by atoms with E-state index in [0.717, 1.165) is 36.4 Å². The standard InChI is InChI=1S/C15H21N3O/c1-2-7-18(8-3-1)9-4-10-19-14-11-13-5-6-16-15(13)17-12-14/h5-6,11-12H,1-4,7-10H2,(H,16,17). The van der Waals surface area contributed by atoms with Crippen molar-refractivity contribution >= 4 is 11.0 Å². The van der Waals surface area contributed by atoms with Gasteiger partial charge in [-0.3, -0.25) is 0 Å².